The van der Waals surface area contributed by atoms with Crippen LogP contribution in [0.4, 0.5) is 0 Å². The van der Waals surface area contributed by atoms with Crippen LogP contribution >= 0.6 is 0 Å². The van der Waals surface area contributed by atoms with E-state index in [-0.39, 0.29) is 21.9 Å². The highest BCUT2D eigenvalue weighted by Crippen LogP contribution is 2.29. The molecule has 0 aromatic carbocycles. The second kappa shape index (κ2) is 5.04. The standard InChI is InChI=1S/C12H14N4O5/c13-10-7-5(18)1-2-14-11(7)16(4-15-10)12-9(20)8(19)6(3-17)21-12/h1-2,4,6,8-9,12-13,17,19-20H,3H2,(H,14,18)/t6-,8+,9-,12-/m1/s1. The minimum atomic E-state index is -1.29. The molecule has 112 valence electrons. The number of aliphatic hydroxyl groups is 3. The molecule has 1 fully saturated rings. The summed E-state index contributed by atoms with van der Waals surface area (Å²) in [6.07, 6.45) is -1.86. The molecule has 0 spiro atoms. The lowest BCUT2D eigenvalue weighted by molar-refractivity contribution is -0.0515. The molecule has 1 aliphatic heterocycles. The quantitative estimate of drug-likeness (QED) is 0.426. The average Bonchev–Trinajstić information content (AvgIpc) is 2.76. The molecule has 9 heteroatoms. The van der Waals surface area contributed by atoms with E-state index in [1.165, 1.54) is 23.2 Å². The van der Waals surface area contributed by atoms with Crippen molar-refractivity contribution in [1.82, 2.24) is 14.5 Å². The second-order valence-electron chi connectivity index (χ2n) is 4.79. The number of aromatic nitrogens is 3. The fourth-order valence-corrected chi connectivity index (χ4v) is 2.45. The van der Waals surface area contributed by atoms with Crippen LogP contribution in [-0.2, 0) is 4.74 Å². The van der Waals surface area contributed by atoms with E-state index in [0.717, 1.165) is 0 Å². The first-order valence-electron chi connectivity index (χ1n) is 6.30. The first kappa shape index (κ1) is 13.9. The minimum Gasteiger partial charge on any atom is -0.394 e. The van der Waals surface area contributed by atoms with E-state index < -0.39 is 31.1 Å². The molecule has 0 aliphatic carbocycles. The Kier molecular flexibility index (Phi) is 3.33. The van der Waals surface area contributed by atoms with Gasteiger partial charge in [-0.3, -0.25) is 14.8 Å². The van der Waals surface area contributed by atoms with Crippen LogP contribution in [0, 0.1) is 5.41 Å². The molecule has 0 radical (unpaired) electrons. The van der Waals surface area contributed by atoms with Crippen LogP contribution in [0.25, 0.3) is 11.0 Å². The lowest BCUT2D eigenvalue weighted by atomic mass is 10.1. The SMILES string of the molecule is N=c1ncn([C@@H]2O[C@H](CO)[C@H](O)[C@H]2O)c2[nH]ccc(=O)c12. The zero-order valence-corrected chi connectivity index (χ0v) is 10.8. The molecular weight excluding hydrogens is 280 g/mol. The average molecular weight is 294 g/mol. The summed E-state index contributed by atoms with van der Waals surface area (Å²) < 4.78 is 6.73. The maximum atomic E-state index is 11.8. The number of fused-ring (bicyclic) bond motifs is 1. The summed E-state index contributed by atoms with van der Waals surface area (Å²) in [5, 5.41) is 36.7. The zero-order valence-electron chi connectivity index (χ0n) is 10.8. The maximum absolute atomic E-state index is 11.8. The summed E-state index contributed by atoms with van der Waals surface area (Å²) in [6.45, 7) is -0.451. The fourth-order valence-electron chi connectivity index (χ4n) is 2.45. The third-order valence-corrected chi connectivity index (χ3v) is 3.54. The van der Waals surface area contributed by atoms with Gasteiger partial charge < -0.3 is 25.0 Å². The Morgan fingerprint density at radius 3 is 2.86 bits per heavy atom. The Labute approximate surface area is 117 Å². The molecule has 0 unspecified atom stereocenters. The van der Waals surface area contributed by atoms with Gasteiger partial charge in [0.05, 0.1) is 6.61 Å². The first-order chi connectivity index (χ1) is 10.0. The van der Waals surface area contributed by atoms with Gasteiger partial charge in [0, 0.05) is 12.3 Å². The summed E-state index contributed by atoms with van der Waals surface area (Å²) in [5.74, 6) is 0. The highest BCUT2D eigenvalue weighted by Gasteiger charge is 2.43. The third kappa shape index (κ3) is 2.07. The summed E-state index contributed by atoms with van der Waals surface area (Å²) in [6, 6.07) is 1.27. The number of aromatic amines is 1. The smallest absolute Gasteiger partial charge is 0.194 e. The van der Waals surface area contributed by atoms with Crippen molar-refractivity contribution in [2.75, 3.05) is 6.61 Å². The van der Waals surface area contributed by atoms with Gasteiger partial charge in [-0.15, -0.1) is 0 Å². The van der Waals surface area contributed by atoms with Crippen LogP contribution in [0.5, 0.6) is 0 Å². The fraction of sp³-hybridized carbons (Fsp3) is 0.417. The van der Waals surface area contributed by atoms with Crippen LogP contribution in [0.3, 0.4) is 0 Å². The second-order valence-corrected chi connectivity index (χ2v) is 4.79. The molecule has 1 aliphatic rings. The number of ether oxygens (including phenoxy) is 1. The van der Waals surface area contributed by atoms with Gasteiger partial charge in [-0.25, -0.2) is 4.98 Å². The highest BCUT2D eigenvalue weighted by atomic mass is 16.6. The summed E-state index contributed by atoms with van der Waals surface area (Å²) in [5.41, 5.74) is -0.338. The third-order valence-electron chi connectivity index (χ3n) is 3.54. The lowest BCUT2D eigenvalue weighted by Crippen LogP contribution is -2.33. The van der Waals surface area contributed by atoms with Crippen LogP contribution in [0.15, 0.2) is 23.4 Å². The van der Waals surface area contributed by atoms with E-state index in [4.69, 9.17) is 15.3 Å². The molecule has 5 N–H and O–H groups in total. The topological polar surface area (TPSA) is 144 Å². The predicted molar refractivity (Wildman–Crippen MR) is 69.2 cm³/mol. The van der Waals surface area contributed by atoms with Crippen molar-refractivity contribution >= 4 is 11.0 Å². The zero-order chi connectivity index (χ0) is 15.1. The van der Waals surface area contributed by atoms with E-state index in [2.05, 4.69) is 9.97 Å². The Morgan fingerprint density at radius 1 is 1.43 bits per heavy atom. The number of pyridine rings is 1. The number of hydrogen-bond acceptors (Lipinski definition) is 7. The van der Waals surface area contributed by atoms with Crippen molar-refractivity contribution in [1.29, 1.82) is 5.41 Å². The minimum absolute atomic E-state index is 0.0535. The van der Waals surface area contributed by atoms with Crippen LogP contribution in [-0.4, -0.2) is 54.8 Å². The molecule has 3 rings (SSSR count). The van der Waals surface area contributed by atoms with Crippen LogP contribution < -0.4 is 10.9 Å². The van der Waals surface area contributed by atoms with Gasteiger partial charge in [0.25, 0.3) is 0 Å². The first-order valence-corrected chi connectivity index (χ1v) is 6.30. The van der Waals surface area contributed by atoms with E-state index in [1.807, 2.05) is 0 Å². The Balaban J connectivity index is 2.19. The lowest BCUT2D eigenvalue weighted by Gasteiger charge is -2.19. The van der Waals surface area contributed by atoms with E-state index >= 15 is 0 Å². The molecule has 1 saturated heterocycles. The molecule has 9 nitrogen and oxygen atoms in total. The van der Waals surface area contributed by atoms with E-state index in [0.29, 0.717) is 0 Å². The van der Waals surface area contributed by atoms with Crippen LogP contribution in [0.2, 0.25) is 0 Å². The summed E-state index contributed by atoms with van der Waals surface area (Å²) in [4.78, 5) is 18.5. The van der Waals surface area contributed by atoms with Crippen molar-refractivity contribution in [2.45, 2.75) is 24.5 Å². The molecular formula is C12H14N4O5. The molecule has 0 bridgehead atoms. The number of rotatable bonds is 2. The molecule has 0 amide bonds. The number of aliphatic hydroxyl groups excluding tert-OH is 3. The monoisotopic (exact) mass is 294 g/mol. The van der Waals surface area contributed by atoms with Gasteiger partial charge in [0.1, 0.15) is 35.7 Å². The highest BCUT2D eigenvalue weighted by molar-refractivity contribution is 5.72. The van der Waals surface area contributed by atoms with Gasteiger partial charge in [-0.05, 0) is 0 Å². The van der Waals surface area contributed by atoms with E-state index in [9.17, 15) is 15.0 Å². The van der Waals surface area contributed by atoms with Crippen molar-refractivity contribution in [3.05, 3.63) is 34.3 Å². The summed E-state index contributed by atoms with van der Waals surface area (Å²) in [7, 11) is 0. The largest absolute Gasteiger partial charge is 0.394 e. The van der Waals surface area contributed by atoms with Crippen molar-refractivity contribution in [3.63, 3.8) is 0 Å². The number of hydrogen-bond donors (Lipinski definition) is 5. The van der Waals surface area contributed by atoms with Gasteiger partial charge in [0.2, 0.25) is 0 Å². The van der Waals surface area contributed by atoms with E-state index in [1.54, 1.807) is 0 Å². The van der Waals surface area contributed by atoms with Gasteiger partial charge in [0.15, 0.2) is 17.1 Å². The predicted octanol–water partition coefficient (Wildman–Crippen LogP) is -2.18. The van der Waals surface area contributed by atoms with Gasteiger partial charge in [-0.1, -0.05) is 0 Å². The molecule has 2 aromatic heterocycles. The molecule has 0 saturated carbocycles. The molecule has 21 heavy (non-hydrogen) atoms. The Hall–Kier alpha value is -2.07. The van der Waals surface area contributed by atoms with Crippen molar-refractivity contribution in [2.24, 2.45) is 0 Å². The molecule has 4 atom stereocenters. The normalized spacial score (nSPS) is 29.1. The van der Waals surface area contributed by atoms with Crippen LogP contribution in [0.1, 0.15) is 6.23 Å². The number of H-pyrrole nitrogens is 1. The van der Waals surface area contributed by atoms with Crippen molar-refractivity contribution < 1.29 is 20.1 Å². The summed E-state index contributed by atoms with van der Waals surface area (Å²) >= 11 is 0. The number of nitrogens with one attached hydrogen (secondary N) is 2. The maximum Gasteiger partial charge on any atom is 0.194 e. The van der Waals surface area contributed by atoms with Gasteiger partial charge >= 0.3 is 0 Å². The number of nitrogens with zero attached hydrogens (tertiary/aromatic N) is 2. The molecule has 3 heterocycles. The Morgan fingerprint density at radius 2 is 2.19 bits per heavy atom. The van der Waals surface area contributed by atoms with Crippen molar-refractivity contribution in [3.8, 4) is 0 Å². The molecule has 2 aromatic rings. The Bertz CT molecular complexity index is 772. The van der Waals surface area contributed by atoms with Gasteiger partial charge in [-0.2, -0.15) is 0 Å².